The van der Waals surface area contributed by atoms with E-state index >= 15 is 0 Å². The van der Waals surface area contributed by atoms with Gasteiger partial charge in [-0.2, -0.15) is 0 Å². The largest absolute Gasteiger partial charge is 0.393 e. The lowest BCUT2D eigenvalue weighted by atomic mass is 9.92. The van der Waals surface area contributed by atoms with Gasteiger partial charge >= 0.3 is 0 Å². The Balaban J connectivity index is 1.78. The number of ether oxygens (including phenoxy) is 1. The van der Waals surface area contributed by atoms with Crippen LogP contribution >= 0.6 is 0 Å². The summed E-state index contributed by atoms with van der Waals surface area (Å²) in [4.78, 5) is 18.3. The van der Waals surface area contributed by atoms with E-state index in [1.807, 2.05) is 13.0 Å². The number of aliphatic hydroxyl groups excluding tert-OH is 1. The molecule has 5 heteroatoms. The molecule has 3 heterocycles. The lowest BCUT2D eigenvalue weighted by Gasteiger charge is -2.25. The van der Waals surface area contributed by atoms with Crippen LogP contribution in [0.2, 0.25) is 0 Å². The van der Waals surface area contributed by atoms with Crippen LogP contribution in [0.5, 0.6) is 0 Å². The maximum atomic E-state index is 12.4. The number of aryl methyl sites for hydroxylation is 1. The number of hydrogen-bond donors (Lipinski definition) is 1. The van der Waals surface area contributed by atoms with E-state index in [1.54, 1.807) is 17.2 Å². The zero-order valence-electron chi connectivity index (χ0n) is 11.0. The molecule has 0 spiro atoms. The summed E-state index contributed by atoms with van der Waals surface area (Å²) in [6.07, 6.45) is 2.61. The van der Waals surface area contributed by atoms with Gasteiger partial charge in [-0.1, -0.05) is 6.07 Å². The highest BCUT2D eigenvalue weighted by atomic mass is 16.5. The molecule has 0 radical (unpaired) electrons. The number of nitrogens with zero attached hydrogens (tertiary/aromatic N) is 2. The molecule has 0 aliphatic carbocycles. The molecule has 0 unspecified atom stereocenters. The minimum Gasteiger partial charge on any atom is -0.393 e. The van der Waals surface area contributed by atoms with E-state index in [4.69, 9.17) is 4.74 Å². The predicted molar refractivity (Wildman–Crippen MR) is 68.8 cm³/mol. The number of hydrogen-bond acceptors (Lipinski definition) is 4. The molecule has 1 aromatic rings. The number of fused-ring (bicyclic) bond motifs is 1. The zero-order valence-corrected chi connectivity index (χ0v) is 11.0. The number of aromatic nitrogens is 1. The summed E-state index contributed by atoms with van der Waals surface area (Å²) in [6, 6.07) is 3.63. The Bertz CT molecular complexity index is 488. The molecule has 2 fully saturated rings. The van der Waals surface area contributed by atoms with Crippen LogP contribution in [0, 0.1) is 12.8 Å². The zero-order chi connectivity index (χ0) is 13.5. The number of pyridine rings is 1. The molecule has 0 aromatic carbocycles. The maximum Gasteiger partial charge on any atom is 0.272 e. The Morgan fingerprint density at radius 2 is 2.47 bits per heavy atom. The fourth-order valence-corrected chi connectivity index (χ4v) is 3.01. The van der Waals surface area contributed by atoms with Crippen molar-refractivity contribution in [1.82, 2.24) is 9.88 Å². The van der Waals surface area contributed by atoms with Crippen molar-refractivity contribution in [2.45, 2.75) is 18.9 Å². The molecule has 2 saturated heterocycles. The Morgan fingerprint density at radius 1 is 1.63 bits per heavy atom. The molecular formula is C14H18N2O3. The Labute approximate surface area is 112 Å². The molecule has 2 aliphatic heterocycles. The summed E-state index contributed by atoms with van der Waals surface area (Å²) < 4.78 is 5.68. The van der Waals surface area contributed by atoms with Crippen molar-refractivity contribution < 1.29 is 14.6 Å². The highest BCUT2D eigenvalue weighted by molar-refractivity contribution is 5.92. The lowest BCUT2D eigenvalue weighted by molar-refractivity contribution is -0.0447. The average Bonchev–Trinajstić information content (AvgIpc) is 2.95. The van der Waals surface area contributed by atoms with E-state index in [1.165, 1.54) is 0 Å². The van der Waals surface area contributed by atoms with E-state index < -0.39 is 5.60 Å². The van der Waals surface area contributed by atoms with Gasteiger partial charge in [0, 0.05) is 25.3 Å². The van der Waals surface area contributed by atoms with E-state index in [0.29, 0.717) is 25.4 Å². The van der Waals surface area contributed by atoms with Gasteiger partial charge in [0.15, 0.2) is 0 Å². The van der Waals surface area contributed by atoms with Crippen molar-refractivity contribution in [3.05, 3.63) is 29.6 Å². The lowest BCUT2D eigenvalue weighted by Crippen LogP contribution is -2.41. The van der Waals surface area contributed by atoms with E-state index in [2.05, 4.69) is 4.98 Å². The number of aliphatic hydroxyl groups is 1. The first-order chi connectivity index (χ1) is 9.14. The Kier molecular flexibility index (Phi) is 3.03. The third kappa shape index (κ3) is 2.03. The normalized spacial score (nSPS) is 29.6. The Morgan fingerprint density at radius 3 is 3.11 bits per heavy atom. The van der Waals surface area contributed by atoms with Crippen LogP contribution < -0.4 is 0 Å². The van der Waals surface area contributed by atoms with Gasteiger partial charge in [0.2, 0.25) is 0 Å². The molecule has 102 valence electrons. The topological polar surface area (TPSA) is 62.7 Å². The first-order valence-corrected chi connectivity index (χ1v) is 6.61. The molecule has 3 rings (SSSR count). The highest BCUT2D eigenvalue weighted by Gasteiger charge is 2.52. The van der Waals surface area contributed by atoms with Crippen LogP contribution in [0.15, 0.2) is 18.3 Å². The standard InChI is InChI=1S/C14H18N2O3/c1-10-2-3-12(15-6-10)13(18)16-7-11-4-5-19-14(11,8-16)9-17/h2-3,6,11,17H,4-5,7-9H2,1H3/t11-,14-/m0/s1. The van der Waals surface area contributed by atoms with Crippen LogP contribution in [0.4, 0.5) is 0 Å². The molecule has 2 atom stereocenters. The van der Waals surface area contributed by atoms with Crippen molar-refractivity contribution in [3.63, 3.8) is 0 Å². The van der Waals surface area contributed by atoms with Crippen molar-refractivity contribution >= 4 is 5.91 Å². The monoisotopic (exact) mass is 262 g/mol. The summed E-state index contributed by atoms with van der Waals surface area (Å²) >= 11 is 0. The molecule has 2 aliphatic rings. The van der Waals surface area contributed by atoms with Gasteiger partial charge < -0.3 is 14.7 Å². The van der Waals surface area contributed by atoms with Crippen LogP contribution in [0.1, 0.15) is 22.5 Å². The summed E-state index contributed by atoms with van der Waals surface area (Å²) in [7, 11) is 0. The van der Waals surface area contributed by atoms with Crippen LogP contribution in [0.3, 0.4) is 0 Å². The van der Waals surface area contributed by atoms with Gasteiger partial charge in [-0.25, -0.2) is 0 Å². The fourth-order valence-electron chi connectivity index (χ4n) is 3.01. The highest BCUT2D eigenvalue weighted by Crippen LogP contribution is 2.38. The SMILES string of the molecule is Cc1ccc(C(=O)N2C[C@@H]3CCO[C@]3(CO)C2)nc1. The summed E-state index contributed by atoms with van der Waals surface area (Å²) in [6.45, 7) is 3.70. The number of carbonyl (C=O) groups is 1. The van der Waals surface area contributed by atoms with Crippen molar-refractivity contribution in [2.75, 3.05) is 26.3 Å². The van der Waals surface area contributed by atoms with Gasteiger partial charge in [-0.15, -0.1) is 0 Å². The summed E-state index contributed by atoms with van der Waals surface area (Å²) in [5.41, 5.74) is 0.948. The third-order valence-electron chi connectivity index (χ3n) is 4.18. The van der Waals surface area contributed by atoms with E-state index in [9.17, 15) is 9.90 Å². The molecule has 1 N–H and O–H groups in total. The second kappa shape index (κ2) is 4.58. The van der Waals surface area contributed by atoms with Crippen molar-refractivity contribution in [1.29, 1.82) is 0 Å². The second-order valence-corrected chi connectivity index (χ2v) is 5.46. The van der Waals surface area contributed by atoms with Crippen LogP contribution in [0.25, 0.3) is 0 Å². The molecule has 1 amide bonds. The first kappa shape index (κ1) is 12.6. The number of amides is 1. The smallest absolute Gasteiger partial charge is 0.272 e. The summed E-state index contributed by atoms with van der Waals surface area (Å²) in [5, 5.41) is 9.55. The Hall–Kier alpha value is -1.46. The maximum absolute atomic E-state index is 12.4. The van der Waals surface area contributed by atoms with Gasteiger partial charge in [0.05, 0.1) is 13.2 Å². The molecule has 0 saturated carbocycles. The first-order valence-electron chi connectivity index (χ1n) is 6.61. The van der Waals surface area contributed by atoms with Gasteiger partial charge in [-0.05, 0) is 25.0 Å². The van der Waals surface area contributed by atoms with Gasteiger partial charge in [0.25, 0.3) is 5.91 Å². The predicted octanol–water partition coefficient (Wildman–Crippen LogP) is 0.613. The fraction of sp³-hybridized carbons (Fsp3) is 0.571. The minimum atomic E-state index is -0.541. The van der Waals surface area contributed by atoms with Crippen LogP contribution in [-0.4, -0.2) is 52.8 Å². The van der Waals surface area contributed by atoms with Gasteiger partial charge in [0.1, 0.15) is 11.3 Å². The minimum absolute atomic E-state index is 0.0250. The molecule has 0 bridgehead atoms. The van der Waals surface area contributed by atoms with Gasteiger partial charge in [-0.3, -0.25) is 9.78 Å². The van der Waals surface area contributed by atoms with Crippen LogP contribution in [-0.2, 0) is 4.74 Å². The molecule has 5 nitrogen and oxygen atoms in total. The van der Waals surface area contributed by atoms with Crippen molar-refractivity contribution in [2.24, 2.45) is 5.92 Å². The molecular weight excluding hydrogens is 244 g/mol. The summed E-state index contributed by atoms with van der Waals surface area (Å²) in [5.74, 6) is 0.165. The van der Waals surface area contributed by atoms with E-state index in [0.717, 1.165) is 12.0 Å². The van der Waals surface area contributed by atoms with E-state index in [-0.39, 0.29) is 18.4 Å². The van der Waals surface area contributed by atoms with Crippen molar-refractivity contribution in [3.8, 4) is 0 Å². The number of rotatable bonds is 2. The number of carbonyl (C=O) groups excluding carboxylic acids is 1. The quantitative estimate of drug-likeness (QED) is 0.848. The second-order valence-electron chi connectivity index (χ2n) is 5.46. The molecule has 1 aromatic heterocycles. The third-order valence-corrected chi connectivity index (χ3v) is 4.18. The molecule has 19 heavy (non-hydrogen) atoms. The average molecular weight is 262 g/mol. The number of likely N-dealkylation sites (tertiary alicyclic amines) is 1.